The van der Waals surface area contributed by atoms with Crippen molar-refractivity contribution < 1.29 is 0 Å². The van der Waals surface area contributed by atoms with Crippen LogP contribution in [-0.4, -0.2) is 42.8 Å². The van der Waals surface area contributed by atoms with Gasteiger partial charge in [-0.1, -0.05) is 6.92 Å². The standard InChI is InChI=1S/C13H18N8/c1-2-3-16-13-18-11(10-8-17-20-12(10)19-13)15-5-7-21-6-4-14-9-21/h4,6,8-9H,2-3,5,7H2,1H3,(H3,15,16,17,18,19,20). The predicted octanol–water partition coefficient (Wildman–Crippen LogP) is 1.48. The van der Waals surface area contributed by atoms with Gasteiger partial charge in [-0.25, -0.2) is 4.98 Å². The fourth-order valence-electron chi connectivity index (χ4n) is 2.01. The highest BCUT2D eigenvalue weighted by atomic mass is 15.2. The molecule has 0 saturated heterocycles. The molecular weight excluding hydrogens is 268 g/mol. The van der Waals surface area contributed by atoms with Crippen LogP contribution in [0.25, 0.3) is 11.0 Å². The average Bonchev–Trinajstić information content (AvgIpc) is 3.15. The zero-order valence-electron chi connectivity index (χ0n) is 11.9. The summed E-state index contributed by atoms with van der Waals surface area (Å²) in [5, 5.41) is 14.3. The van der Waals surface area contributed by atoms with E-state index in [1.54, 1.807) is 18.7 Å². The number of anilines is 2. The minimum absolute atomic E-state index is 0.610. The van der Waals surface area contributed by atoms with Crippen LogP contribution >= 0.6 is 0 Å². The Hall–Kier alpha value is -2.64. The molecule has 0 aliphatic carbocycles. The molecule has 0 aliphatic rings. The first-order valence-corrected chi connectivity index (χ1v) is 7.01. The summed E-state index contributed by atoms with van der Waals surface area (Å²) in [6, 6.07) is 0. The summed E-state index contributed by atoms with van der Waals surface area (Å²) in [5.41, 5.74) is 0.730. The lowest BCUT2D eigenvalue weighted by Crippen LogP contribution is -2.12. The van der Waals surface area contributed by atoms with Gasteiger partial charge in [-0.3, -0.25) is 5.10 Å². The van der Waals surface area contributed by atoms with Gasteiger partial charge in [0.1, 0.15) is 5.82 Å². The predicted molar refractivity (Wildman–Crippen MR) is 81.2 cm³/mol. The summed E-state index contributed by atoms with van der Waals surface area (Å²) in [6.45, 7) is 4.52. The maximum absolute atomic E-state index is 4.51. The van der Waals surface area contributed by atoms with Crippen molar-refractivity contribution >= 4 is 22.8 Å². The highest BCUT2D eigenvalue weighted by Crippen LogP contribution is 2.19. The quantitative estimate of drug-likeness (QED) is 0.609. The van der Waals surface area contributed by atoms with E-state index in [1.807, 2.05) is 10.8 Å². The van der Waals surface area contributed by atoms with Gasteiger partial charge in [0, 0.05) is 32.0 Å². The molecule has 0 radical (unpaired) electrons. The molecule has 0 fully saturated rings. The van der Waals surface area contributed by atoms with E-state index in [-0.39, 0.29) is 0 Å². The lowest BCUT2D eigenvalue weighted by atomic mass is 10.4. The normalized spacial score (nSPS) is 10.9. The number of aromatic nitrogens is 6. The van der Waals surface area contributed by atoms with E-state index in [9.17, 15) is 0 Å². The first kappa shape index (κ1) is 13.3. The lowest BCUT2D eigenvalue weighted by Gasteiger charge is -2.09. The van der Waals surface area contributed by atoms with Crippen molar-refractivity contribution in [3.8, 4) is 0 Å². The summed E-state index contributed by atoms with van der Waals surface area (Å²) >= 11 is 0. The number of hydrogen-bond acceptors (Lipinski definition) is 6. The van der Waals surface area contributed by atoms with Gasteiger partial charge < -0.3 is 15.2 Å². The average molecular weight is 286 g/mol. The lowest BCUT2D eigenvalue weighted by molar-refractivity contribution is 0.725. The molecule has 3 heterocycles. The molecule has 3 aromatic heterocycles. The first-order chi connectivity index (χ1) is 10.4. The van der Waals surface area contributed by atoms with Gasteiger partial charge in [0.2, 0.25) is 5.95 Å². The van der Waals surface area contributed by atoms with Crippen LogP contribution in [0, 0.1) is 0 Å². The maximum Gasteiger partial charge on any atom is 0.226 e. The van der Waals surface area contributed by atoms with E-state index in [4.69, 9.17) is 0 Å². The molecule has 0 saturated carbocycles. The second kappa shape index (κ2) is 6.21. The van der Waals surface area contributed by atoms with Gasteiger partial charge in [-0.2, -0.15) is 15.1 Å². The van der Waals surface area contributed by atoms with Gasteiger partial charge in [0.15, 0.2) is 5.65 Å². The fourth-order valence-corrected chi connectivity index (χ4v) is 2.01. The van der Waals surface area contributed by atoms with Gasteiger partial charge >= 0.3 is 0 Å². The Bertz CT molecular complexity index is 687. The summed E-state index contributed by atoms with van der Waals surface area (Å²) in [5.74, 6) is 1.39. The number of rotatable bonds is 7. The molecule has 0 atom stereocenters. The number of nitrogens with one attached hydrogen (secondary N) is 3. The molecule has 8 nitrogen and oxygen atoms in total. The third kappa shape index (κ3) is 3.10. The Morgan fingerprint density at radius 3 is 3.00 bits per heavy atom. The molecule has 0 bridgehead atoms. The van der Waals surface area contributed by atoms with Crippen molar-refractivity contribution in [3.63, 3.8) is 0 Å². The molecule has 8 heteroatoms. The van der Waals surface area contributed by atoms with Crippen molar-refractivity contribution in [3.05, 3.63) is 24.9 Å². The van der Waals surface area contributed by atoms with Crippen LogP contribution in [0.15, 0.2) is 24.9 Å². The molecule has 0 aliphatic heterocycles. The Labute approximate surface area is 122 Å². The largest absolute Gasteiger partial charge is 0.367 e. The molecule has 3 N–H and O–H groups in total. The number of fused-ring (bicyclic) bond motifs is 1. The highest BCUT2D eigenvalue weighted by molar-refractivity contribution is 5.86. The second-order valence-electron chi connectivity index (χ2n) is 4.68. The molecular formula is C13H18N8. The summed E-state index contributed by atoms with van der Waals surface area (Å²) in [7, 11) is 0. The van der Waals surface area contributed by atoms with Crippen LogP contribution in [0.3, 0.4) is 0 Å². The summed E-state index contributed by atoms with van der Waals surface area (Å²) in [4.78, 5) is 12.9. The van der Waals surface area contributed by atoms with Gasteiger partial charge in [0.05, 0.1) is 17.9 Å². The minimum Gasteiger partial charge on any atom is -0.367 e. The highest BCUT2D eigenvalue weighted by Gasteiger charge is 2.08. The second-order valence-corrected chi connectivity index (χ2v) is 4.68. The molecule has 0 amide bonds. The topological polar surface area (TPSA) is 96.3 Å². The number of hydrogen-bond donors (Lipinski definition) is 3. The first-order valence-electron chi connectivity index (χ1n) is 7.01. The fraction of sp³-hybridized carbons (Fsp3) is 0.385. The van der Waals surface area contributed by atoms with Crippen LogP contribution in [0.2, 0.25) is 0 Å². The van der Waals surface area contributed by atoms with Crippen molar-refractivity contribution in [2.75, 3.05) is 23.7 Å². The van der Waals surface area contributed by atoms with Gasteiger partial charge in [0.25, 0.3) is 0 Å². The van der Waals surface area contributed by atoms with Crippen molar-refractivity contribution in [1.29, 1.82) is 0 Å². The van der Waals surface area contributed by atoms with Crippen LogP contribution in [0.1, 0.15) is 13.3 Å². The van der Waals surface area contributed by atoms with E-state index in [1.165, 1.54) is 0 Å². The van der Waals surface area contributed by atoms with E-state index < -0.39 is 0 Å². The van der Waals surface area contributed by atoms with Crippen molar-refractivity contribution in [2.45, 2.75) is 19.9 Å². The number of imidazole rings is 1. The van der Waals surface area contributed by atoms with E-state index >= 15 is 0 Å². The summed E-state index contributed by atoms with van der Waals surface area (Å²) in [6.07, 6.45) is 8.25. The molecule has 0 unspecified atom stereocenters. The Balaban J connectivity index is 1.74. The third-order valence-corrected chi connectivity index (χ3v) is 3.06. The van der Waals surface area contributed by atoms with E-state index in [0.717, 1.165) is 42.9 Å². The van der Waals surface area contributed by atoms with Crippen LogP contribution in [0.5, 0.6) is 0 Å². The zero-order valence-corrected chi connectivity index (χ0v) is 11.9. The molecule has 21 heavy (non-hydrogen) atoms. The minimum atomic E-state index is 0.610. The van der Waals surface area contributed by atoms with Crippen molar-refractivity contribution in [2.24, 2.45) is 0 Å². The smallest absolute Gasteiger partial charge is 0.226 e. The van der Waals surface area contributed by atoms with Crippen molar-refractivity contribution in [1.82, 2.24) is 29.7 Å². The monoisotopic (exact) mass is 286 g/mol. The molecule has 0 aromatic carbocycles. The number of aromatic amines is 1. The molecule has 110 valence electrons. The van der Waals surface area contributed by atoms with E-state index in [0.29, 0.717) is 5.95 Å². The summed E-state index contributed by atoms with van der Waals surface area (Å²) < 4.78 is 2.01. The number of nitrogens with zero attached hydrogens (tertiary/aromatic N) is 5. The van der Waals surface area contributed by atoms with Gasteiger partial charge in [-0.15, -0.1) is 0 Å². The SMILES string of the molecule is CCCNc1nc(NCCn2ccnc2)c2cn[nH]c2n1. The van der Waals surface area contributed by atoms with Crippen LogP contribution in [0.4, 0.5) is 11.8 Å². The Kier molecular flexibility index (Phi) is 3.95. The van der Waals surface area contributed by atoms with E-state index in [2.05, 4.69) is 42.7 Å². The Morgan fingerprint density at radius 1 is 1.24 bits per heavy atom. The molecule has 3 aromatic rings. The van der Waals surface area contributed by atoms with Crippen LogP contribution in [-0.2, 0) is 6.54 Å². The molecule has 3 rings (SSSR count). The maximum atomic E-state index is 4.51. The zero-order chi connectivity index (χ0) is 14.5. The third-order valence-electron chi connectivity index (χ3n) is 3.06. The molecule has 0 spiro atoms. The number of H-pyrrole nitrogens is 1. The van der Waals surface area contributed by atoms with Gasteiger partial charge in [-0.05, 0) is 6.42 Å². The van der Waals surface area contributed by atoms with Crippen LogP contribution < -0.4 is 10.6 Å². The Morgan fingerprint density at radius 2 is 2.19 bits per heavy atom.